The number of hydrogen-bond donors (Lipinski definition) is 0. The van der Waals surface area contributed by atoms with Gasteiger partial charge in [0.2, 0.25) is 0 Å². The first-order chi connectivity index (χ1) is 14.9. The van der Waals surface area contributed by atoms with Crippen LogP contribution in [-0.4, -0.2) is 36.7 Å². The molecule has 3 heterocycles. The number of halogens is 2. The molecule has 162 valence electrons. The van der Waals surface area contributed by atoms with Crippen molar-refractivity contribution < 1.29 is 13.9 Å². The normalized spacial score (nSPS) is 11.4. The van der Waals surface area contributed by atoms with Crippen LogP contribution in [0.1, 0.15) is 19.5 Å². The maximum atomic E-state index is 15.1. The number of rotatable bonds is 7. The number of hydrogen-bond acceptors (Lipinski definition) is 5. The minimum Gasteiger partial charge on any atom is -0.465 e. The highest BCUT2D eigenvalue weighted by molar-refractivity contribution is 7.99. The van der Waals surface area contributed by atoms with E-state index in [1.807, 2.05) is 30.7 Å². The Hall–Kier alpha value is -2.78. The van der Waals surface area contributed by atoms with Crippen molar-refractivity contribution in [2.45, 2.75) is 43.7 Å². The van der Waals surface area contributed by atoms with E-state index < -0.39 is 5.82 Å². The lowest BCUT2D eigenvalue weighted by molar-refractivity contribution is -0.144. The number of nitrogens with zero attached hydrogens (tertiary/aromatic N) is 5. The zero-order chi connectivity index (χ0) is 22.1. The van der Waals surface area contributed by atoms with Gasteiger partial charge in [0.05, 0.1) is 40.1 Å². The SMILES string of the molecule is CCOC(=O)Cn1cc(Sc2c(C)n(-c3cnn(CC)c3)c3c(F)c(Cl)ccc23)cn1. The van der Waals surface area contributed by atoms with Crippen molar-refractivity contribution in [1.82, 2.24) is 24.1 Å². The average Bonchev–Trinajstić information content (AvgIpc) is 3.45. The van der Waals surface area contributed by atoms with E-state index in [1.54, 1.807) is 36.3 Å². The van der Waals surface area contributed by atoms with E-state index in [0.717, 1.165) is 26.6 Å². The zero-order valence-electron chi connectivity index (χ0n) is 17.3. The van der Waals surface area contributed by atoms with Gasteiger partial charge in [-0.2, -0.15) is 10.2 Å². The van der Waals surface area contributed by atoms with Crippen LogP contribution in [0.15, 0.2) is 46.7 Å². The van der Waals surface area contributed by atoms with Crippen LogP contribution in [0.25, 0.3) is 16.6 Å². The first-order valence-corrected chi connectivity index (χ1v) is 11.0. The maximum absolute atomic E-state index is 15.1. The highest BCUT2D eigenvalue weighted by Gasteiger charge is 2.22. The van der Waals surface area contributed by atoms with Crippen LogP contribution in [0, 0.1) is 12.7 Å². The Bertz CT molecular complexity index is 1260. The van der Waals surface area contributed by atoms with Gasteiger partial charge in [-0.25, -0.2) is 4.39 Å². The van der Waals surface area contributed by atoms with Crippen molar-refractivity contribution >= 4 is 40.2 Å². The third-order valence-electron chi connectivity index (χ3n) is 4.83. The molecule has 0 amide bonds. The fraction of sp³-hybridized carbons (Fsp3) is 0.286. The molecule has 0 N–H and O–H groups in total. The van der Waals surface area contributed by atoms with Gasteiger partial charge in [-0.1, -0.05) is 23.4 Å². The molecule has 4 aromatic rings. The van der Waals surface area contributed by atoms with E-state index in [-0.39, 0.29) is 17.5 Å². The molecule has 0 aliphatic carbocycles. The summed E-state index contributed by atoms with van der Waals surface area (Å²) >= 11 is 7.56. The third-order valence-corrected chi connectivity index (χ3v) is 6.29. The molecule has 0 unspecified atom stereocenters. The summed E-state index contributed by atoms with van der Waals surface area (Å²) in [6.07, 6.45) is 7.03. The fourth-order valence-electron chi connectivity index (χ4n) is 3.44. The van der Waals surface area contributed by atoms with Crippen molar-refractivity contribution in [3.8, 4) is 5.69 Å². The van der Waals surface area contributed by atoms with Gasteiger partial charge in [0, 0.05) is 34.9 Å². The molecule has 1 aromatic carbocycles. The van der Waals surface area contributed by atoms with E-state index in [9.17, 15) is 4.79 Å². The van der Waals surface area contributed by atoms with Crippen molar-refractivity contribution in [3.05, 3.63) is 53.5 Å². The van der Waals surface area contributed by atoms with Crippen LogP contribution in [0.3, 0.4) is 0 Å². The van der Waals surface area contributed by atoms with Gasteiger partial charge in [-0.3, -0.25) is 14.2 Å². The summed E-state index contributed by atoms with van der Waals surface area (Å²) in [5.41, 5.74) is 2.02. The molecule has 4 rings (SSSR count). The maximum Gasteiger partial charge on any atom is 0.327 e. The van der Waals surface area contributed by atoms with E-state index in [2.05, 4.69) is 10.2 Å². The third kappa shape index (κ3) is 4.07. The number of carbonyl (C=O) groups excluding carboxylic acids is 1. The smallest absolute Gasteiger partial charge is 0.327 e. The van der Waals surface area contributed by atoms with Crippen LogP contribution >= 0.6 is 23.4 Å². The molecule has 0 radical (unpaired) electrons. The molecular weight excluding hydrogens is 441 g/mol. The first kappa shape index (κ1) is 21.5. The lowest BCUT2D eigenvalue weighted by atomic mass is 10.2. The van der Waals surface area contributed by atoms with E-state index in [1.165, 1.54) is 16.4 Å². The summed E-state index contributed by atoms with van der Waals surface area (Å²) in [4.78, 5) is 13.4. The number of carbonyl (C=O) groups is 1. The summed E-state index contributed by atoms with van der Waals surface area (Å²) in [5, 5.41) is 9.37. The molecule has 0 atom stereocenters. The molecule has 0 saturated heterocycles. The van der Waals surface area contributed by atoms with Crippen molar-refractivity contribution in [1.29, 1.82) is 0 Å². The van der Waals surface area contributed by atoms with Crippen LogP contribution in [0.2, 0.25) is 5.02 Å². The molecular formula is C21H21ClFN5O2S. The number of ether oxygens (including phenoxy) is 1. The summed E-state index contributed by atoms with van der Waals surface area (Å²) in [6.45, 7) is 6.75. The minimum atomic E-state index is -0.476. The van der Waals surface area contributed by atoms with Gasteiger partial charge in [-0.15, -0.1) is 0 Å². The molecule has 0 aliphatic heterocycles. The minimum absolute atomic E-state index is 0.0373. The predicted molar refractivity (Wildman–Crippen MR) is 117 cm³/mol. The molecule has 0 spiro atoms. The van der Waals surface area contributed by atoms with E-state index in [0.29, 0.717) is 18.7 Å². The summed E-state index contributed by atoms with van der Waals surface area (Å²) in [5.74, 6) is -0.823. The lowest BCUT2D eigenvalue weighted by Gasteiger charge is -2.06. The molecule has 0 saturated carbocycles. The van der Waals surface area contributed by atoms with Gasteiger partial charge >= 0.3 is 5.97 Å². The number of benzene rings is 1. The Balaban J connectivity index is 1.77. The Labute approximate surface area is 187 Å². The largest absolute Gasteiger partial charge is 0.465 e. The lowest BCUT2D eigenvalue weighted by Crippen LogP contribution is -2.13. The zero-order valence-corrected chi connectivity index (χ0v) is 18.9. The van der Waals surface area contributed by atoms with E-state index >= 15 is 4.39 Å². The van der Waals surface area contributed by atoms with Gasteiger partial charge in [0.25, 0.3) is 0 Å². The Kier molecular flexibility index (Phi) is 6.06. The van der Waals surface area contributed by atoms with Gasteiger partial charge in [0.1, 0.15) is 6.54 Å². The second kappa shape index (κ2) is 8.76. The highest BCUT2D eigenvalue weighted by Crippen LogP contribution is 2.41. The van der Waals surface area contributed by atoms with Gasteiger partial charge in [0.15, 0.2) is 5.82 Å². The number of esters is 1. The molecule has 0 bridgehead atoms. The monoisotopic (exact) mass is 461 g/mol. The molecule has 31 heavy (non-hydrogen) atoms. The topological polar surface area (TPSA) is 66.9 Å². The second-order valence-corrected chi connectivity index (χ2v) is 8.33. The number of aryl methyl sites for hydroxylation is 1. The molecule has 0 aliphatic rings. The predicted octanol–water partition coefficient (Wildman–Crippen LogP) is 4.86. The van der Waals surface area contributed by atoms with Gasteiger partial charge in [-0.05, 0) is 32.9 Å². The van der Waals surface area contributed by atoms with Crippen molar-refractivity contribution in [2.24, 2.45) is 0 Å². The highest BCUT2D eigenvalue weighted by atomic mass is 35.5. The summed E-state index contributed by atoms with van der Waals surface area (Å²) < 4.78 is 25.2. The standard InChI is InChI=1S/C21H21ClFN5O2S/c1-4-26-10-14(8-24-26)28-13(3)21(16-6-7-17(22)19(23)20(16)28)31-15-9-25-27(11-15)12-18(29)30-5-2/h6-11H,4-5,12H2,1-3H3. The van der Waals surface area contributed by atoms with Crippen molar-refractivity contribution in [3.63, 3.8) is 0 Å². The number of aromatic nitrogens is 5. The van der Waals surface area contributed by atoms with Crippen LogP contribution in [-0.2, 0) is 22.6 Å². The molecule has 3 aromatic heterocycles. The van der Waals surface area contributed by atoms with E-state index in [4.69, 9.17) is 16.3 Å². The van der Waals surface area contributed by atoms with Crippen molar-refractivity contribution in [2.75, 3.05) is 6.61 Å². The van der Waals surface area contributed by atoms with Crippen LogP contribution in [0.5, 0.6) is 0 Å². The Morgan fingerprint density at radius 1 is 1.19 bits per heavy atom. The number of fused-ring (bicyclic) bond motifs is 1. The summed E-state index contributed by atoms with van der Waals surface area (Å²) in [7, 11) is 0. The second-order valence-electron chi connectivity index (χ2n) is 6.84. The molecule has 10 heteroatoms. The summed E-state index contributed by atoms with van der Waals surface area (Å²) in [6, 6.07) is 3.38. The van der Waals surface area contributed by atoms with Crippen LogP contribution < -0.4 is 0 Å². The molecule has 7 nitrogen and oxygen atoms in total. The van der Waals surface area contributed by atoms with Gasteiger partial charge < -0.3 is 9.30 Å². The first-order valence-electron chi connectivity index (χ1n) is 9.80. The quantitative estimate of drug-likeness (QED) is 0.368. The Morgan fingerprint density at radius 2 is 1.97 bits per heavy atom. The molecule has 0 fully saturated rings. The average molecular weight is 462 g/mol. The van der Waals surface area contributed by atoms with Crippen LogP contribution in [0.4, 0.5) is 4.39 Å². The Morgan fingerprint density at radius 3 is 2.68 bits per heavy atom. The fourth-order valence-corrected chi connectivity index (χ4v) is 4.62.